The highest BCUT2D eigenvalue weighted by atomic mass is 14.9. The Kier molecular flexibility index (Phi) is 4.18. The lowest BCUT2D eigenvalue weighted by molar-refractivity contribution is 0.222. The zero-order valence-corrected chi connectivity index (χ0v) is 12.3. The van der Waals surface area contributed by atoms with Crippen molar-refractivity contribution in [2.75, 3.05) is 6.54 Å². The topological polar surface area (TPSA) is 12.0 Å². The van der Waals surface area contributed by atoms with Crippen LogP contribution in [0.5, 0.6) is 0 Å². The highest BCUT2D eigenvalue weighted by molar-refractivity contribution is 4.91. The van der Waals surface area contributed by atoms with Gasteiger partial charge in [-0.25, -0.2) is 0 Å². The van der Waals surface area contributed by atoms with Gasteiger partial charge in [0.1, 0.15) is 0 Å². The molecule has 2 bridgehead atoms. The molecule has 17 heavy (non-hydrogen) atoms. The van der Waals surface area contributed by atoms with Gasteiger partial charge in [-0.2, -0.15) is 0 Å². The van der Waals surface area contributed by atoms with Crippen LogP contribution in [-0.2, 0) is 0 Å². The first-order valence-electron chi connectivity index (χ1n) is 7.74. The molecule has 2 saturated carbocycles. The average Bonchev–Trinajstić information content (AvgIpc) is 2.83. The van der Waals surface area contributed by atoms with Gasteiger partial charge in [0.15, 0.2) is 0 Å². The SMILES string of the molecule is CCNC(CCC1CC2CCC1C2)C(C)(C)C. The molecule has 2 rings (SSSR count). The Labute approximate surface area is 108 Å². The Balaban J connectivity index is 1.79. The molecule has 0 amide bonds. The molecule has 0 aromatic rings. The highest BCUT2D eigenvalue weighted by Crippen LogP contribution is 2.50. The number of nitrogens with one attached hydrogen (secondary N) is 1. The minimum atomic E-state index is 0.410. The Morgan fingerprint density at radius 1 is 1.18 bits per heavy atom. The summed E-state index contributed by atoms with van der Waals surface area (Å²) in [5.74, 6) is 3.27. The van der Waals surface area contributed by atoms with Gasteiger partial charge in [-0.3, -0.25) is 0 Å². The van der Waals surface area contributed by atoms with Gasteiger partial charge in [-0.05, 0) is 61.8 Å². The molecule has 2 aliphatic carbocycles. The molecule has 2 aliphatic rings. The van der Waals surface area contributed by atoms with E-state index in [-0.39, 0.29) is 0 Å². The molecule has 1 nitrogen and oxygen atoms in total. The van der Waals surface area contributed by atoms with Gasteiger partial charge >= 0.3 is 0 Å². The standard InChI is InChI=1S/C16H31N/c1-5-17-15(16(2,3)4)9-8-14-11-12-6-7-13(14)10-12/h12-15,17H,5-11H2,1-4H3. The van der Waals surface area contributed by atoms with Crippen LogP contribution in [0.25, 0.3) is 0 Å². The van der Waals surface area contributed by atoms with Crippen LogP contribution in [-0.4, -0.2) is 12.6 Å². The first-order valence-corrected chi connectivity index (χ1v) is 7.74. The summed E-state index contributed by atoms with van der Waals surface area (Å²) >= 11 is 0. The van der Waals surface area contributed by atoms with E-state index in [1.807, 2.05) is 0 Å². The minimum Gasteiger partial charge on any atom is -0.314 e. The zero-order chi connectivity index (χ0) is 12.5. The van der Waals surface area contributed by atoms with E-state index in [4.69, 9.17) is 0 Å². The molecule has 1 heteroatoms. The van der Waals surface area contributed by atoms with E-state index in [1.165, 1.54) is 25.7 Å². The number of fused-ring (bicyclic) bond motifs is 2. The van der Waals surface area contributed by atoms with Crippen molar-refractivity contribution in [3.8, 4) is 0 Å². The quantitative estimate of drug-likeness (QED) is 0.754. The summed E-state index contributed by atoms with van der Waals surface area (Å²) in [6.07, 6.45) is 9.04. The predicted octanol–water partition coefficient (Wildman–Crippen LogP) is 4.23. The number of rotatable bonds is 5. The fourth-order valence-corrected chi connectivity index (χ4v) is 4.20. The molecule has 4 unspecified atom stereocenters. The fraction of sp³-hybridized carbons (Fsp3) is 1.00. The van der Waals surface area contributed by atoms with E-state index < -0.39 is 0 Å². The molecule has 0 aromatic heterocycles. The monoisotopic (exact) mass is 237 g/mol. The van der Waals surface area contributed by atoms with Gasteiger partial charge in [0.25, 0.3) is 0 Å². The first-order chi connectivity index (χ1) is 8.00. The molecule has 100 valence electrons. The summed E-state index contributed by atoms with van der Waals surface area (Å²) in [5, 5.41) is 3.69. The predicted molar refractivity (Wildman–Crippen MR) is 75.1 cm³/mol. The Morgan fingerprint density at radius 3 is 2.41 bits per heavy atom. The van der Waals surface area contributed by atoms with Crippen molar-refractivity contribution in [2.45, 2.75) is 72.3 Å². The van der Waals surface area contributed by atoms with E-state index in [2.05, 4.69) is 33.0 Å². The molecule has 0 spiro atoms. The van der Waals surface area contributed by atoms with Crippen LogP contribution in [0.1, 0.15) is 66.2 Å². The van der Waals surface area contributed by atoms with Crippen molar-refractivity contribution < 1.29 is 0 Å². The Hall–Kier alpha value is -0.0400. The van der Waals surface area contributed by atoms with Crippen molar-refractivity contribution >= 4 is 0 Å². The molecule has 0 heterocycles. The normalized spacial score (nSPS) is 34.2. The van der Waals surface area contributed by atoms with Crippen LogP contribution >= 0.6 is 0 Å². The van der Waals surface area contributed by atoms with Crippen molar-refractivity contribution in [3.63, 3.8) is 0 Å². The summed E-state index contributed by atoms with van der Waals surface area (Å²) < 4.78 is 0. The lowest BCUT2D eigenvalue weighted by Crippen LogP contribution is -2.40. The summed E-state index contributed by atoms with van der Waals surface area (Å²) in [5.41, 5.74) is 0.410. The smallest absolute Gasteiger partial charge is 0.0116 e. The number of hydrogen-bond donors (Lipinski definition) is 1. The van der Waals surface area contributed by atoms with E-state index in [0.717, 1.165) is 24.3 Å². The van der Waals surface area contributed by atoms with Crippen LogP contribution in [0.2, 0.25) is 0 Å². The molecule has 4 atom stereocenters. The van der Waals surface area contributed by atoms with Gasteiger partial charge in [-0.1, -0.05) is 34.1 Å². The van der Waals surface area contributed by atoms with Crippen LogP contribution < -0.4 is 5.32 Å². The molecular weight excluding hydrogens is 206 g/mol. The second-order valence-electron chi connectivity index (χ2n) is 7.49. The number of hydrogen-bond acceptors (Lipinski definition) is 1. The third-order valence-electron chi connectivity index (χ3n) is 5.21. The Morgan fingerprint density at radius 2 is 1.94 bits per heavy atom. The lowest BCUT2D eigenvalue weighted by atomic mass is 9.79. The molecular formula is C16H31N. The summed E-state index contributed by atoms with van der Waals surface area (Å²) in [4.78, 5) is 0. The highest BCUT2D eigenvalue weighted by Gasteiger charge is 2.39. The third-order valence-corrected chi connectivity index (χ3v) is 5.21. The average molecular weight is 237 g/mol. The minimum absolute atomic E-state index is 0.410. The van der Waals surface area contributed by atoms with Crippen molar-refractivity contribution in [1.29, 1.82) is 0 Å². The maximum absolute atomic E-state index is 3.69. The third kappa shape index (κ3) is 3.24. The summed E-state index contributed by atoms with van der Waals surface area (Å²) in [6, 6.07) is 0.701. The van der Waals surface area contributed by atoms with Crippen LogP contribution in [0, 0.1) is 23.2 Å². The zero-order valence-electron chi connectivity index (χ0n) is 12.3. The maximum atomic E-state index is 3.69. The van der Waals surface area contributed by atoms with E-state index in [0.29, 0.717) is 11.5 Å². The van der Waals surface area contributed by atoms with Crippen molar-refractivity contribution in [3.05, 3.63) is 0 Å². The largest absolute Gasteiger partial charge is 0.314 e. The van der Waals surface area contributed by atoms with Gasteiger partial charge in [0.05, 0.1) is 0 Å². The van der Waals surface area contributed by atoms with E-state index >= 15 is 0 Å². The van der Waals surface area contributed by atoms with Crippen LogP contribution in [0.4, 0.5) is 0 Å². The van der Waals surface area contributed by atoms with Gasteiger partial charge < -0.3 is 5.32 Å². The summed E-state index contributed by atoms with van der Waals surface area (Å²) in [6.45, 7) is 10.5. The lowest BCUT2D eigenvalue weighted by Gasteiger charge is -2.33. The van der Waals surface area contributed by atoms with E-state index in [9.17, 15) is 0 Å². The van der Waals surface area contributed by atoms with Crippen molar-refractivity contribution in [1.82, 2.24) is 5.32 Å². The Bertz CT molecular complexity index is 240. The molecule has 0 radical (unpaired) electrons. The van der Waals surface area contributed by atoms with E-state index in [1.54, 1.807) is 12.8 Å². The second kappa shape index (κ2) is 5.30. The molecule has 0 saturated heterocycles. The molecule has 0 aromatic carbocycles. The van der Waals surface area contributed by atoms with Crippen LogP contribution in [0.3, 0.4) is 0 Å². The van der Waals surface area contributed by atoms with Gasteiger partial charge in [0.2, 0.25) is 0 Å². The second-order valence-corrected chi connectivity index (χ2v) is 7.49. The van der Waals surface area contributed by atoms with Crippen molar-refractivity contribution in [2.24, 2.45) is 23.2 Å². The van der Waals surface area contributed by atoms with Crippen LogP contribution in [0.15, 0.2) is 0 Å². The van der Waals surface area contributed by atoms with Gasteiger partial charge in [-0.15, -0.1) is 0 Å². The molecule has 2 fully saturated rings. The summed E-state index contributed by atoms with van der Waals surface area (Å²) in [7, 11) is 0. The molecule has 1 N–H and O–H groups in total. The first kappa shape index (κ1) is 13.4. The molecule has 0 aliphatic heterocycles. The maximum Gasteiger partial charge on any atom is 0.0116 e. The van der Waals surface area contributed by atoms with Gasteiger partial charge in [0, 0.05) is 6.04 Å². The fourth-order valence-electron chi connectivity index (χ4n) is 4.20.